The van der Waals surface area contributed by atoms with Crippen molar-refractivity contribution in [3.05, 3.63) is 11.6 Å². The number of allylic oxidation sites excluding steroid dienone is 2. The van der Waals surface area contributed by atoms with Gasteiger partial charge in [0.15, 0.2) is 0 Å². The standard InChI is InChI=1S/C10HF15O2/c11-2-3(27-4(26)1(7(16,17)18)8(19,20)21)6(14,15)10(24,25)9(22,23)5(2,12)13/h1H. The molecular formula is C10HF15O2. The monoisotopic (exact) mass is 438 g/mol. The van der Waals surface area contributed by atoms with E-state index in [1.165, 1.54) is 0 Å². The zero-order chi connectivity index (χ0) is 22.0. The number of hydrogen-bond donors (Lipinski definition) is 0. The molecule has 0 heterocycles. The van der Waals surface area contributed by atoms with E-state index in [-0.39, 0.29) is 0 Å². The Morgan fingerprint density at radius 2 is 1.07 bits per heavy atom. The Bertz CT molecular complexity index is 638. The van der Waals surface area contributed by atoms with Gasteiger partial charge in [-0.3, -0.25) is 4.79 Å². The Kier molecular flexibility index (Phi) is 5.01. The average Bonchev–Trinajstić information content (AvgIpc) is 2.38. The highest BCUT2D eigenvalue weighted by Crippen LogP contribution is 2.62. The molecule has 1 rings (SSSR count). The van der Waals surface area contributed by atoms with Crippen LogP contribution in [0.2, 0.25) is 0 Å². The van der Waals surface area contributed by atoms with E-state index in [9.17, 15) is 70.7 Å². The number of alkyl halides is 14. The van der Waals surface area contributed by atoms with Crippen molar-refractivity contribution < 1.29 is 75.4 Å². The Balaban J connectivity index is 3.59. The molecule has 1 aliphatic carbocycles. The zero-order valence-electron chi connectivity index (χ0n) is 11.6. The molecule has 0 amide bonds. The molecule has 0 radical (unpaired) electrons. The van der Waals surface area contributed by atoms with Gasteiger partial charge in [0.1, 0.15) is 0 Å². The van der Waals surface area contributed by atoms with Crippen LogP contribution >= 0.6 is 0 Å². The molecule has 0 atom stereocenters. The zero-order valence-corrected chi connectivity index (χ0v) is 11.6. The second kappa shape index (κ2) is 5.83. The summed E-state index contributed by atoms with van der Waals surface area (Å²) in [5.74, 6) is -46.0. The lowest BCUT2D eigenvalue weighted by Crippen LogP contribution is -2.67. The van der Waals surface area contributed by atoms with Crippen molar-refractivity contribution in [1.29, 1.82) is 0 Å². The van der Waals surface area contributed by atoms with Crippen LogP contribution in [0.5, 0.6) is 0 Å². The van der Waals surface area contributed by atoms with Crippen molar-refractivity contribution >= 4 is 5.97 Å². The lowest BCUT2D eigenvalue weighted by Gasteiger charge is -2.40. The van der Waals surface area contributed by atoms with E-state index >= 15 is 0 Å². The fraction of sp³-hybridized carbons (Fsp3) is 0.700. The second-order valence-corrected chi connectivity index (χ2v) is 4.88. The highest BCUT2D eigenvalue weighted by molar-refractivity contribution is 5.75. The maximum absolute atomic E-state index is 13.3. The van der Waals surface area contributed by atoms with Gasteiger partial charge in [0.2, 0.25) is 17.5 Å². The van der Waals surface area contributed by atoms with E-state index in [1.54, 1.807) is 0 Å². The molecule has 0 spiro atoms. The van der Waals surface area contributed by atoms with Crippen LogP contribution < -0.4 is 0 Å². The molecule has 0 saturated carbocycles. The van der Waals surface area contributed by atoms with E-state index < -0.39 is 59.5 Å². The Morgan fingerprint density at radius 1 is 0.741 bits per heavy atom. The van der Waals surface area contributed by atoms with Crippen LogP contribution in [0, 0.1) is 5.92 Å². The van der Waals surface area contributed by atoms with Crippen molar-refractivity contribution in [2.75, 3.05) is 0 Å². The summed E-state index contributed by atoms with van der Waals surface area (Å²) in [6.45, 7) is 0. The third-order valence-electron chi connectivity index (χ3n) is 3.04. The third kappa shape index (κ3) is 3.17. The molecular weight excluding hydrogens is 437 g/mol. The van der Waals surface area contributed by atoms with Gasteiger partial charge in [-0.05, 0) is 0 Å². The molecule has 0 aromatic rings. The van der Waals surface area contributed by atoms with Crippen LogP contribution in [0.25, 0.3) is 0 Å². The van der Waals surface area contributed by atoms with Gasteiger partial charge in [-0.15, -0.1) is 0 Å². The summed E-state index contributed by atoms with van der Waals surface area (Å²) in [6, 6.07) is 0. The number of halogens is 15. The van der Waals surface area contributed by atoms with Crippen molar-refractivity contribution in [1.82, 2.24) is 0 Å². The average molecular weight is 438 g/mol. The normalized spacial score (nSPS) is 24.1. The Hall–Kier alpha value is -1.84. The van der Waals surface area contributed by atoms with Gasteiger partial charge in [0.05, 0.1) is 0 Å². The fourth-order valence-electron chi connectivity index (χ4n) is 1.68. The van der Waals surface area contributed by atoms with Gasteiger partial charge in [-0.25, -0.2) is 4.39 Å². The summed E-state index contributed by atoms with van der Waals surface area (Å²) in [4.78, 5) is 10.8. The maximum Gasteiger partial charge on any atom is 0.411 e. The maximum atomic E-state index is 13.3. The number of ether oxygens (including phenoxy) is 1. The number of carbonyl (C=O) groups excluding carboxylic acids is 1. The van der Waals surface area contributed by atoms with E-state index in [0.29, 0.717) is 0 Å². The number of rotatable bonds is 2. The van der Waals surface area contributed by atoms with Crippen LogP contribution in [-0.2, 0) is 9.53 Å². The van der Waals surface area contributed by atoms with Gasteiger partial charge in [0.25, 0.3) is 0 Å². The highest BCUT2D eigenvalue weighted by atomic mass is 19.4. The summed E-state index contributed by atoms with van der Waals surface area (Å²) < 4.78 is 193. The highest BCUT2D eigenvalue weighted by Gasteiger charge is 2.88. The molecule has 0 fully saturated rings. The summed E-state index contributed by atoms with van der Waals surface area (Å²) >= 11 is 0. The predicted molar refractivity (Wildman–Crippen MR) is 49.6 cm³/mol. The lowest BCUT2D eigenvalue weighted by molar-refractivity contribution is -0.370. The van der Waals surface area contributed by atoms with Crippen molar-refractivity contribution in [3.63, 3.8) is 0 Å². The molecule has 0 aromatic heterocycles. The summed E-state index contributed by atoms with van der Waals surface area (Å²) in [5, 5.41) is 0. The number of hydrogen-bond acceptors (Lipinski definition) is 2. The Morgan fingerprint density at radius 3 is 1.41 bits per heavy atom. The first-order valence-electron chi connectivity index (χ1n) is 5.81. The third-order valence-corrected chi connectivity index (χ3v) is 3.04. The minimum atomic E-state index is -7.26. The van der Waals surface area contributed by atoms with Crippen LogP contribution in [0.4, 0.5) is 65.9 Å². The molecule has 17 heteroatoms. The number of carbonyl (C=O) groups is 1. The van der Waals surface area contributed by atoms with Crippen molar-refractivity contribution in [2.24, 2.45) is 5.92 Å². The van der Waals surface area contributed by atoms with Crippen LogP contribution in [-0.4, -0.2) is 42.0 Å². The van der Waals surface area contributed by atoms with Crippen molar-refractivity contribution in [3.8, 4) is 0 Å². The predicted octanol–water partition coefficient (Wildman–Crippen LogP) is 5.01. The molecule has 0 aromatic carbocycles. The quantitative estimate of drug-likeness (QED) is 0.448. The molecule has 2 nitrogen and oxygen atoms in total. The van der Waals surface area contributed by atoms with Crippen LogP contribution in [0.3, 0.4) is 0 Å². The lowest BCUT2D eigenvalue weighted by atomic mass is 9.89. The molecule has 27 heavy (non-hydrogen) atoms. The summed E-state index contributed by atoms with van der Waals surface area (Å²) in [5.41, 5.74) is 0. The molecule has 0 saturated heterocycles. The van der Waals surface area contributed by atoms with Crippen molar-refractivity contribution in [2.45, 2.75) is 36.0 Å². The molecule has 0 unspecified atom stereocenters. The fourth-order valence-corrected chi connectivity index (χ4v) is 1.68. The minimum absolute atomic E-state index is 2.48. The summed E-state index contributed by atoms with van der Waals surface area (Å²) in [6.07, 6.45) is -13.4. The van der Waals surface area contributed by atoms with Gasteiger partial charge in [-0.1, -0.05) is 0 Å². The van der Waals surface area contributed by atoms with Gasteiger partial charge >= 0.3 is 42.0 Å². The summed E-state index contributed by atoms with van der Waals surface area (Å²) in [7, 11) is 0. The molecule has 0 N–H and O–H groups in total. The van der Waals surface area contributed by atoms with E-state index in [4.69, 9.17) is 0 Å². The van der Waals surface area contributed by atoms with Crippen LogP contribution in [0.1, 0.15) is 0 Å². The van der Waals surface area contributed by atoms with Gasteiger partial charge < -0.3 is 4.74 Å². The minimum Gasteiger partial charge on any atom is -0.421 e. The largest absolute Gasteiger partial charge is 0.421 e. The molecule has 158 valence electrons. The van der Waals surface area contributed by atoms with E-state index in [0.717, 1.165) is 0 Å². The molecule has 0 aliphatic heterocycles. The van der Waals surface area contributed by atoms with E-state index in [2.05, 4.69) is 4.74 Å². The molecule has 0 bridgehead atoms. The first kappa shape index (κ1) is 23.2. The van der Waals surface area contributed by atoms with Gasteiger partial charge in [-0.2, -0.15) is 61.5 Å². The topological polar surface area (TPSA) is 26.3 Å². The Labute approximate surface area is 136 Å². The first-order chi connectivity index (χ1) is 11.5. The molecule has 1 aliphatic rings. The first-order valence-corrected chi connectivity index (χ1v) is 5.81. The number of esters is 1. The van der Waals surface area contributed by atoms with E-state index in [1.807, 2.05) is 0 Å². The smallest absolute Gasteiger partial charge is 0.411 e. The van der Waals surface area contributed by atoms with Crippen LogP contribution in [0.15, 0.2) is 11.6 Å². The van der Waals surface area contributed by atoms with Gasteiger partial charge in [0, 0.05) is 0 Å². The second-order valence-electron chi connectivity index (χ2n) is 4.88. The SMILES string of the molecule is O=C(OC1=C(F)C(F)(F)C(F)(F)C(F)(F)C1(F)F)C(C(F)(F)F)C(F)(F)F.